The summed E-state index contributed by atoms with van der Waals surface area (Å²) in [6, 6.07) is 9.49. The summed E-state index contributed by atoms with van der Waals surface area (Å²) < 4.78 is 1.89. The molecule has 23 heavy (non-hydrogen) atoms. The number of amides is 1. The highest BCUT2D eigenvalue weighted by atomic mass is 16.2. The Kier molecular flexibility index (Phi) is 3.45. The lowest BCUT2D eigenvalue weighted by Crippen LogP contribution is -2.20. The molecule has 0 saturated heterocycles. The van der Waals surface area contributed by atoms with E-state index >= 15 is 0 Å². The first-order chi connectivity index (χ1) is 11.3. The van der Waals surface area contributed by atoms with Crippen molar-refractivity contribution in [2.24, 2.45) is 0 Å². The second kappa shape index (κ2) is 5.75. The van der Waals surface area contributed by atoms with Gasteiger partial charge in [0.05, 0.1) is 17.8 Å². The van der Waals surface area contributed by atoms with Gasteiger partial charge in [-0.3, -0.25) is 4.79 Å². The molecule has 116 valence electrons. The van der Waals surface area contributed by atoms with Crippen molar-refractivity contribution in [3.05, 3.63) is 42.4 Å². The number of hydrogen-bond acceptors (Lipinski definition) is 5. The molecule has 2 heterocycles. The van der Waals surface area contributed by atoms with Crippen molar-refractivity contribution in [3.8, 4) is 0 Å². The quantitative estimate of drug-likeness (QED) is 0.803. The number of carbonyl (C=O) groups is 1. The minimum atomic E-state index is -0.372. The van der Waals surface area contributed by atoms with E-state index in [4.69, 9.17) is 0 Å². The molecule has 0 atom stereocenters. The van der Waals surface area contributed by atoms with E-state index in [2.05, 4.69) is 25.6 Å². The molecule has 1 fully saturated rings. The van der Waals surface area contributed by atoms with E-state index in [0.717, 1.165) is 12.8 Å². The highest BCUT2D eigenvalue weighted by molar-refractivity contribution is 6.01. The van der Waals surface area contributed by atoms with Gasteiger partial charge in [0.1, 0.15) is 11.3 Å². The standard InChI is InChI=1S/C16H16N6O/c23-16(15-18-12-7-3-4-8-13(12)20-21-15)19-14-9-10-17-22(14)11-5-1-2-6-11/h3-4,7-11H,1-2,5-6H2,(H,19,23). The van der Waals surface area contributed by atoms with E-state index < -0.39 is 0 Å². The van der Waals surface area contributed by atoms with Crippen LogP contribution in [0.5, 0.6) is 0 Å². The van der Waals surface area contributed by atoms with Crippen molar-refractivity contribution >= 4 is 22.8 Å². The van der Waals surface area contributed by atoms with Crippen LogP contribution in [0.1, 0.15) is 42.3 Å². The van der Waals surface area contributed by atoms with Gasteiger partial charge in [-0.25, -0.2) is 9.67 Å². The van der Waals surface area contributed by atoms with E-state index in [1.54, 1.807) is 12.3 Å². The number of fused-ring (bicyclic) bond motifs is 1. The molecule has 3 aromatic rings. The lowest BCUT2D eigenvalue weighted by Gasteiger charge is -2.14. The molecule has 0 radical (unpaired) electrons. The maximum absolute atomic E-state index is 12.4. The Balaban J connectivity index is 1.58. The van der Waals surface area contributed by atoms with Gasteiger partial charge >= 0.3 is 0 Å². The molecule has 1 aliphatic carbocycles. The summed E-state index contributed by atoms with van der Waals surface area (Å²) in [6.45, 7) is 0. The molecule has 1 saturated carbocycles. The van der Waals surface area contributed by atoms with E-state index in [-0.39, 0.29) is 11.7 Å². The summed E-state index contributed by atoms with van der Waals surface area (Å²) in [5.41, 5.74) is 1.32. The van der Waals surface area contributed by atoms with Crippen LogP contribution in [0.15, 0.2) is 36.5 Å². The van der Waals surface area contributed by atoms with E-state index in [9.17, 15) is 4.79 Å². The summed E-state index contributed by atoms with van der Waals surface area (Å²) >= 11 is 0. The Morgan fingerprint density at radius 1 is 1.09 bits per heavy atom. The summed E-state index contributed by atoms with van der Waals surface area (Å²) in [5.74, 6) is 0.365. The third-order valence-corrected chi connectivity index (χ3v) is 4.15. The van der Waals surface area contributed by atoms with Gasteiger partial charge in [0.25, 0.3) is 5.91 Å². The van der Waals surface area contributed by atoms with Crippen molar-refractivity contribution in [2.75, 3.05) is 5.32 Å². The molecule has 1 aliphatic rings. The Hall–Kier alpha value is -2.83. The molecule has 0 aliphatic heterocycles. The summed E-state index contributed by atoms with van der Waals surface area (Å²) in [6.07, 6.45) is 6.30. The number of nitrogens with one attached hydrogen (secondary N) is 1. The molecule has 0 unspecified atom stereocenters. The van der Waals surface area contributed by atoms with Gasteiger partial charge in [-0.1, -0.05) is 25.0 Å². The number of nitrogens with zero attached hydrogens (tertiary/aromatic N) is 5. The van der Waals surface area contributed by atoms with Crippen molar-refractivity contribution < 1.29 is 4.79 Å². The van der Waals surface area contributed by atoms with Crippen molar-refractivity contribution in [3.63, 3.8) is 0 Å². The van der Waals surface area contributed by atoms with Crippen molar-refractivity contribution in [1.82, 2.24) is 25.0 Å². The lowest BCUT2D eigenvalue weighted by molar-refractivity contribution is 0.101. The van der Waals surface area contributed by atoms with Crippen molar-refractivity contribution in [2.45, 2.75) is 31.7 Å². The third kappa shape index (κ3) is 2.65. The first-order valence-electron chi connectivity index (χ1n) is 7.75. The molecule has 7 nitrogen and oxygen atoms in total. The molecular formula is C16H16N6O. The highest BCUT2D eigenvalue weighted by Gasteiger charge is 2.21. The largest absolute Gasteiger partial charge is 0.304 e. The minimum Gasteiger partial charge on any atom is -0.304 e. The van der Waals surface area contributed by atoms with Crippen LogP contribution in [0.3, 0.4) is 0 Å². The van der Waals surface area contributed by atoms with Crippen LogP contribution >= 0.6 is 0 Å². The van der Waals surface area contributed by atoms with Crippen molar-refractivity contribution in [1.29, 1.82) is 0 Å². The first-order valence-corrected chi connectivity index (χ1v) is 7.75. The predicted molar refractivity (Wildman–Crippen MR) is 85.0 cm³/mol. The fourth-order valence-electron chi connectivity index (χ4n) is 3.00. The zero-order valence-electron chi connectivity index (χ0n) is 12.5. The highest BCUT2D eigenvalue weighted by Crippen LogP contribution is 2.31. The smallest absolute Gasteiger partial charge is 0.296 e. The normalized spacial score (nSPS) is 15.1. The van der Waals surface area contributed by atoms with Gasteiger partial charge in [0.15, 0.2) is 0 Å². The summed E-state index contributed by atoms with van der Waals surface area (Å²) in [5, 5.41) is 15.1. The number of rotatable bonds is 3. The van der Waals surface area contributed by atoms with Crippen LogP contribution in [0, 0.1) is 0 Å². The predicted octanol–water partition coefficient (Wildman–Crippen LogP) is 2.59. The first kappa shape index (κ1) is 13.8. The maximum Gasteiger partial charge on any atom is 0.296 e. The zero-order chi connectivity index (χ0) is 15.6. The molecule has 1 aromatic carbocycles. The molecule has 1 amide bonds. The molecule has 1 N–H and O–H groups in total. The number of benzene rings is 1. The van der Waals surface area contributed by atoms with Gasteiger partial charge in [-0.15, -0.1) is 10.2 Å². The van der Waals surface area contributed by atoms with E-state index in [1.165, 1.54) is 12.8 Å². The lowest BCUT2D eigenvalue weighted by atomic mass is 10.2. The average Bonchev–Trinajstić information content (AvgIpc) is 3.25. The monoisotopic (exact) mass is 308 g/mol. The molecular weight excluding hydrogens is 292 g/mol. The van der Waals surface area contributed by atoms with Gasteiger partial charge in [0, 0.05) is 6.07 Å². The minimum absolute atomic E-state index is 0.0582. The van der Waals surface area contributed by atoms with Crippen LogP contribution in [-0.4, -0.2) is 30.9 Å². The zero-order valence-corrected chi connectivity index (χ0v) is 12.5. The number of para-hydroxylation sites is 1. The number of aromatic nitrogens is 5. The molecule has 7 heteroatoms. The van der Waals surface area contributed by atoms with Gasteiger partial charge in [-0.2, -0.15) is 5.10 Å². The second-order valence-corrected chi connectivity index (χ2v) is 5.68. The average molecular weight is 308 g/mol. The van der Waals surface area contributed by atoms with Crippen LogP contribution in [0.4, 0.5) is 5.82 Å². The third-order valence-electron chi connectivity index (χ3n) is 4.15. The fourth-order valence-corrected chi connectivity index (χ4v) is 3.00. The van der Waals surface area contributed by atoms with Gasteiger partial charge in [-0.05, 0) is 25.0 Å². The summed E-state index contributed by atoms with van der Waals surface area (Å²) in [4.78, 5) is 16.7. The van der Waals surface area contributed by atoms with Crippen LogP contribution in [-0.2, 0) is 0 Å². The molecule has 0 bridgehead atoms. The molecule has 2 aromatic heterocycles. The Morgan fingerprint density at radius 2 is 1.87 bits per heavy atom. The van der Waals surface area contributed by atoms with Crippen LogP contribution in [0.25, 0.3) is 11.0 Å². The fraction of sp³-hybridized carbons (Fsp3) is 0.312. The summed E-state index contributed by atoms with van der Waals surface area (Å²) in [7, 11) is 0. The molecule has 0 spiro atoms. The number of anilines is 1. The maximum atomic E-state index is 12.4. The van der Waals surface area contributed by atoms with E-state index in [0.29, 0.717) is 22.9 Å². The Bertz CT molecular complexity index is 852. The Labute approximate surface area is 132 Å². The van der Waals surface area contributed by atoms with Crippen LogP contribution in [0.2, 0.25) is 0 Å². The Morgan fingerprint density at radius 3 is 2.70 bits per heavy atom. The van der Waals surface area contributed by atoms with Gasteiger partial charge in [0.2, 0.25) is 5.82 Å². The van der Waals surface area contributed by atoms with Crippen LogP contribution < -0.4 is 5.32 Å². The molecule has 4 rings (SSSR count). The topological polar surface area (TPSA) is 85.6 Å². The SMILES string of the molecule is O=C(Nc1ccnn1C1CCCC1)c1nnc2ccccc2n1. The van der Waals surface area contributed by atoms with Gasteiger partial charge < -0.3 is 5.32 Å². The number of carbonyl (C=O) groups excluding carboxylic acids is 1. The van der Waals surface area contributed by atoms with E-state index in [1.807, 2.05) is 28.9 Å². The number of hydrogen-bond donors (Lipinski definition) is 1. The second-order valence-electron chi connectivity index (χ2n) is 5.68.